The molecule has 25 heavy (non-hydrogen) atoms. The Morgan fingerprint density at radius 3 is 2.52 bits per heavy atom. The van der Waals surface area contributed by atoms with Crippen LogP contribution in [0.5, 0.6) is 0 Å². The van der Waals surface area contributed by atoms with Crippen molar-refractivity contribution in [1.29, 1.82) is 0 Å². The van der Waals surface area contributed by atoms with Gasteiger partial charge in [0.1, 0.15) is 0 Å². The predicted octanol–water partition coefficient (Wildman–Crippen LogP) is 5.61. The zero-order valence-corrected chi connectivity index (χ0v) is 14.5. The Balaban J connectivity index is 2.01. The standard InChI is InChI=1S/C21H15N3S/c1-14-12-16(19-8-4-11-25-19)20-15-6-2-3-7-17(15)24(18(20)13-14)21-22-9-5-10-23-21/h2-13H,1H3. The van der Waals surface area contributed by atoms with Crippen LogP contribution in [0.3, 0.4) is 0 Å². The van der Waals surface area contributed by atoms with Crippen molar-refractivity contribution in [3.05, 3.63) is 77.9 Å². The van der Waals surface area contributed by atoms with Crippen LogP contribution in [0.2, 0.25) is 0 Å². The molecule has 0 N–H and O–H groups in total. The van der Waals surface area contributed by atoms with Crippen LogP contribution in [0.25, 0.3) is 38.2 Å². The molecular formula is C21H15N3S. The summed E-state index contributed by atoms with van der Waals surface area (Å²) in [6.45, 7) is 2.14. The first-order chi connectivity index (χ1) is 12.3. The van der Waals surface area contributed by atoms with Gasteiger partial charge in [0.15, 0.2) is 0 Å². The van der Waals surface area contributed by atoms with Gasteiger partial charge in [-0.25, -0.2) is 9.97 Å². The van der Waals surface area contributed by atoms with Crippen molar-refractivity contribution in [2.45, 2.75) is 6.92 Å². The molecule has 0 fully saturated rings. The van der Waals surface area contributed by atoms with Gasteiger partial charge in [-0.1, -0.05) is 24.3 Å². The van der Waals surface area contributed by atoms with Gasteiger partial charge in [0, 0.05) is 33.6 Å². The average Bonchev–Trinajstić information content (AvgIpc) is 3.28. The van der Waals surface area contributed by atoms with E-state index >= 15 is 0 Å². The summed E-state index contributed by atoms with van der Waals surface area (Å²) >= 11 is 1.77. The first kappa shape index (κ1) is 14.4. The van der Waals surface area contributed by atoms with E-state index in [1.807, 2.05) is 6.07 Å². The summed E-state index contributed by atoms with van der Waals surface area (Å²) in [6.07, 6.45) is 3.58. The van der Waals surface area contributed by atoms with Crippen LogP contribution >= 0.6 is 11.3 Å². The lowest BCUT2D eigenvalue weighted by molar-refractivity contribution is 0.988. The topological polar surface area (TPSA) is 30.7 Å². The summed E-state index contributed by atoms with van der Waals surface area (Å²) in [5.74, 6) is 0.705. The van der Waals surface area contributed by atoms with Gasteiger partial charge in [-0.15, -0.1) is 11.3 Å². The van der Waals surface area contributed by atoms with Gasteiger partial charge in [0.25, 0.3) is 0 Å². The molecule has 5 aromatic rings. The number of para-hydroxylation sites is 1. The highest BCUT2D eigenvalue weighted by atomic mass is 32.1. The highest BCUT2D eigenvalue weighted by molar-refractivity contribution is 7.13. The molecule has 120 valence electrons. The Kier molecular flexibility index (Phi) is 3.18. The third-order valence-electron chi connectivity index (χ3n) is 4.46. The molecule has 3 heterocycles. The maximum Gasteiger partial charge on any atom is 0.234 e. The number of aromatic nitrogens is 3. The van der Waals surface area contributed by atoms with Gasteiger partial charge < -0.3 is 0 Å². The fourth-order valence-corrected chi connectivity index (χ4v) is 4.23. The molecule has 0 aliphatic heterocycles. The van der Waals surface area contributed by atoms with E-state index in [1.165, 1.54) is 26.8 Å². The largest absolute Gasteiger partial charge is 0.278 e. The van der Waals surface area contributed by atoms with Crippen LogP contribution in [0.15, 0.2) is 72.4 Å². The highest BCUT2D eigenvalue weighted by Gasteiger charge is 2.17. The maximum absolute atomic E-state index is 4.50. The Morgan fingerprint density at radius 1 is 0.880 bits per heavy atom. The van der Waals surface area contributed by atoms with Gasteiger partial charge in [-0.3, -0.25) is 4.57 Å². The summed E-state index contributed by atoms with van der Waals surface area (Å²) in [4.78, 5) is 10.3. The monoisotopic (exact) mass is 341 g/mol. The van der Waals surface area contributed by atoms with Crippen LogP contribution in [-0.2, 0) is 0 Å². The Morgan fingerprint density at radius 2 is 1.72 bits per heavy atom. The summed E-state index contributed by atoms with van der Waals surface area (Å²) in [7, 11) is 0. The zero-order chi connectivity index (χ0) is 16.8. The minimum absolute atomic E-state index is 0.705. The summed E-state index contributed by atoms with van der Waals surface area (Å²) in [5.41, 5.74) is 4.79. The molecule has 0 radical (unpaired) electrons. The lowest BCUT2D eigenvalue weighted by Crippen LogP contribution is -1.99. The predicted molar refractivity (Wildman–Crippen MR) is 104 cm³/mol. The second kappa shape index (κ2) is 5.53. The molecule has 0 spiro atoms. The smallest absolute Gasteiger partial charge is 0.234 e. The van der Waals surface area contributed by atoms with Crippen molar-refractivity contribution in [1.82, 2.24) is 14.5 Å². The van der Waals surface area contributed by atoms with Crippen molar-refractivity contribution in [3.63, 3.8) is 0 Å². The van der Waals surface area contributed by atoms with E-state index in [-0.39, 0.29) is 0 Å². The van der Waals surface area contributed by atoms with Crippen LogP contribution in [0.4, 0.5) is 0 Å². The van der Waals surface area contributed by atoms with E-state index in [1.54, 1.807) is 23.7 Å². The molecule has 2 aromatic carbocycles. The van der Waals surface area contributed by atoms with Crippen molar-refractivity contribution in [2.75, 3.05) is 0 Å². The summed E-state index contributed by atoms with van der Waals surface area (Å²) < 4.78 is 2.16. The molecule has 0 amide bonds. The number of benzene rings is 2. The Labute approximate surface area is 149 Å². The van der Waals surface area contributed by atoms with Crippen molar-refractivity contribution < 1.29 is 0 Å². The van der Waals surface area contributed by atoms with Gasteiger partial charge in [-0.05, 0) is 48.2 Å². The fraction of sp³-hybridized carbons (Fsp3) is 0.0476. The molecular weight excluding hydrogens is 326 g/mol. The molecule has 0 aliphatic rings. The quantitative estimate of drug-likeness (QED) is 0.418. The lowest BCUT2D eigenvalue weighted by atomic mass is 10.0. The van der Waals surface area contributed by atoms with E-state index in [0.29, 0.717) is 5.95 Å². The van der Waals surface area contributed by atoms with Crippen molar-refractivity contribution >= 4 is 33.1 Å². The number of nitrogens with zero attached hydrogens (tertiary/aromatic N) is 3. The van der Waals surface area contributed by atoms with E-state index in [2.05, 4.69) is 75.4 Å². The highest BCUT2D eigenvalue weighted by Crippen LogP contribution is 2.39. The third kappa shape index (κ3) is 2.18. The molecule has 0 unspecified atom stereocenters. The van der Waals surface area contributed by atoms with Crippen LogP contribution in [0.1, 0.15) is 5.56 Å². The van der Waals surface area contributed by atoms with E-state index < -0.39 is 0 Å². The number of hydrogen-bond acceptors (Lipinski definition) is 3. The Hall–Kier alpha value is -2.98. The normalized spacial score (nSPS) is 11.4. The van der Waals surface area contributed by atoms with E-state index in [9.17, 15) is 0 Å². The second-order valence-electron chi connectivity index (χ2n) is 6.09. The molecule has 0 aliphatic carbocycles. The molecule has 0 atom stereocenters. The number of hydrogen-bond donors (Lipinski definition) is 0. The summed E-state index contributed by atoms with van der Waals surface area (Å²) in [6, 6.07) is 19.1. The average molecular weight is 341 g/mol. The van der Waals surface area contributed by atoms with Crippen molar-refractivity contribution in [3.8, 4) is 16.4 Å². The minimum Gasteiger partial charge on any atom is -0.278 e. The van der Waals surface area contributed by atoms with Crippen molar-refractivity contribution in [2.24, 2.45) is 0 Å². The molecule has 3 nitrogen and oxygen atoms in total. The molecule has 0 saturated heterocycles. The van der Waals surface area contributed by atoms with Crippen LogP contribution in [0, 0.1) is 6.92 Å². The zero-order valence-electron chi connectivity index (χ0n) is 13.7. The van der Waals surface area contributed by atoms with Gasteiger partial charge in [0.2, 0.25) is 5.95 Å². The first-order valence-corrected chi connectivity index (χ1v) is 9.06. The lowest BCUT2D eigenvalue weighted by Gasteiger charge is -2.07. The molecule has 5 rings (SSSR count). The van der Waals surface area contributed by atoms with E-state index in [4.69, 9.17) is 0 Å². The number of aryl methyl sites for hydroxylation is 1. The van der Waals surface area contributed by atoms with Gasteiger partial charge >= 0.3 is 0 Å². The molecule has 0 bridgehead atoms. The van der Waals surface area contributed by atoms with Gasteiger partial charge in [0.05, 0.1) is 11.0 Å². The molecule has 4 heteroatoms. The number of thiophene rings is 1. The SMILES string of the molecule is Cc1cc(-c2cccs2)c2c3ccccc3n(-c3ncccn3)c2c1. The van der Waals surface area contributed by atoms with Crippen LogP contribution in [-0.4, -0.2) is 14.5 Å². The third-order valence-corrected chi connectivity index (χ3v) is 5.36. The number of rotatable bonds is 2. The van der Waals surface area contributed by atoms with E-state index in [0.717, 1.165) is 11.0 Å². The molecule has 3 aromatic heterocycles. The Bertz CT molecular complexity index is 1190. The first-order valence-electron chi connectivity index (χ1n) is 8.18. The second-order valence-corrected chi connectivity index (χ2v) is 7.03. The maximum atomic E-state index is 4.50. The summed E-state index contributed by atoms with van der Waals surface area (Å²) in [5, 5.41) is 4.62. The van der Waals surface area contributed by atoms with Gasteiger partial charge in [-0.2, -0.15) is 0 Å². The number of fused-ring (bicyclic) bond motifs is 3. The fourth-order valence-electron chi connectivity index (χ4n) is 3.48. The minimum atomic E-state index is 0.705. The van der Waals surface area contributed by atoms with Crippen LogP contribution < -0.4 is 0 Å². The molecule has 0 saturated carbocycles.